The molecule has 0 unspecified atom stereocenters. The van der Waals surface area contributed by atoms with Crippen LogP contribution in [-0.4, -0.2) is 25.2 Å². The third-order valence-electron chi connectivity index (χ3n) is 3.18. The number of hydrogen-bond donors (Lipinski definition) is 0. The van der Waals surface area contributed by atoms with Crippen LogP contribution < -0.4 is 0 Å². The lowest BCUT2D eigenvalue weighted by Gasteiger charge is -2.21. The zero-order chi connectivity index (χ0) is 15.6. The maximum Gasteiger partial charge on any atom is 0.322 e. The van der Waals surface area contributed by atoms with Crippen molar-refractivity contribution in [1.82, 2.24) is 0 Å². The van der Waals surface area contributed by atoms with Gasteiger partial charge >= 0.3 is 11.9 Å². The largest absolute Gasteiger partial charge is 0.465 e. The van der Waals surface area contributed by atoms with Crippen molar-refractivity contribution in [3.8, 4) is 0 Å². The number of rotatable bonds is 10. The molecule has 0 amide bonds. The summed E-state index contributed by atoms with van der Waals surface area (Å²) in [6, 6.07) is 0. The van der Waals surface area contributed by atoms with Crippen LogP contribution in [0.2, 0.25) is 0 Å². The Labute approximate surface area is 123 Å². The molecule has 0 rings (SSSR count). The minimum atomic E-state index is -1.22. The van der Waals surface area contributed by atoms with Crippen molar-refractivity contribution >= 4 is 11.9 Å². The molecule has 0 aromatic heterocycles. The van der Waals surface area contributed by atoms with Crippen LogP contribution >= 0.6 is 0 Å². The van der Waals surface area contributed by atoms with E-state index < -0.39 is 17.4 Å². The zero-order valence-electron chi connectivity index (χ0n) is 13.7. The van der Waals surface area contributed by atoms with Crippen molar-refractivity contribution in [1.29, 1.82) is 0 Å². The van der Waals surface area contributed by atoms with E-state index in [4.69, 9.17) is 9.47 Å². The number of ether oxygens (including phenoxy) is 2. The topological polar surface area (TPSA) is 52.6 Å². The first-order valence-corrected chi connectivity index (χ1v) is 7.66. The molecule has 0 aromatic carbocycles. The van der Waals surface area contributed by atoms with Crippen LogP contribution in [0.15, 0.2) is 0 Å². The molecule has 0 saturated carbocycles. The van der Waals surface area contributed by atoms with Gasteiger partial charge in [0, 0.05) is 0 Å². The Hall–Kier alpha value is -1.06. The van der Waals surface area contributed by atoms with Gasteiger partial charge in [-0.3, -0.25) is 9.59 Å². The highest BCUT2D eigenvalue weighted by molar-refractivity contribution is 5.99. The second kappa shape index (κ2) is 9.78. The molecule has 4 heteroatoms. The van der Waals surface area contributed by atoms with E-state index in [0.29, 0.717) is 19.1 Å². The molecular formula is C16H30O4. The van der Waals surface area contributed by atoms with Crippen molar-refractivity contribution in [3.63, 3.8) is 0 Å². The Morgan fingerprint density at radius 2 is 1.50 bits per heavy atom. The second-order valence-electron chi connectivity index (χ2n) is 6.14. The van der Waals surface area contributed by atoms with E-state index in [0.717, 1.165) is 32.1 Å². The Morgan fingerprint density at radius 1 is 0.950 bits per heavy atom. The van der Waals surface area contributed by atoms with Gasteiger partial charge in [-0.05, 0) is 32.6 Å². The highest BCUT2D eigenvalue weighted by Gasteiger charge is 2.39. The fourth-order valence-corrected chi connectivity index (χ4v) is 1.53. The predicted octanol–water partition coefficient (Wildman–Crippen LogP) is 3.73. The molecule has 118 valence electrons. The number of hydrogen-bond acceptors (Lipinski definition) is 4. The Bertz CT molecular complexity index is 295. The van der Waals surface area contributed by atoms with Crippen LogP contribution in [0.1, 0.15) is 66.7 Å². The average Bonchev–Trinajstić information content (AvgIpc) is 2.37. The molecule has 20 heavy (non-hydrogen) atoms. The van der Waals surface area contributed by atoms with E-state index in [1.165, 1.54) is 0 Å². The van der Waals surface area contributed by atoms with Gasteiger partial charge in [-0.15, -0.1) is 0 Å². The minimum absolute atomic E-state index is 0.351. The SMILES string of the molecule is CCCCCCOC(=O)C(C)(C)C(=O)OCCC(C)C. The summed E-state index contributed by atoms with van der Waals surface area (Å²) in [6.07, 6.45) is 4.97. The van der Waals surface area contributed by atoms with Gasteiger partial charge in [0.15, 0.2) is 5.41 Å². The van der Waals surface area contributed by atoms with Crippen LogP contribution in [0.5, 0.6) is 0 Å². The summed E-state index contributed by atoms with van der Waals surface area (Å²) in [5.41, 5.74) is -1.22. The van der Waals surface area contributed by atoms with E-state index in [1.807, 2.05) is 0 Å². The van der Waals surface area contributed by atoms with Gasteiger partial charge in [0.25, 0.3) is 0 Å². The van der Waals surface area contributed by atoms with Crippen LogP contribution in [0.25, 0.3) is 0 Å². The number of esters is 2. The van der Waals surface area contributed by atoms with Gasteiger partial charge in [0.2, 0.25) is 0 Å². The lowest BCUT2D eigenvalue weighted by atomic mass is 9.94. The average molecular weight is 286 g/mol. The van der Waals surface area contributed by atoms with E-state index >= 15 is 0 Å². The molecular weight excluding hydrogens is 256 g/mol. The minimum Gasteiger partial charge on any atom is -0.465 e. The van der Waals surface area contributed by atoms with Gasteiger partial charge in [-0.2, -0.15) is 0 Å². The zero-order valence-corrected chi connectivity index (χ0v) is 13.7. The standard InChI is InChI=1S/C16H30O4/c1-6-7-8-9-11-19-14(17)16(4,5)15(18)20-12-10-13(2)3/h13H,6-12H2,1-5H3. The van der Waals surface area contributed by atoms with Crippen molar-refractivity contribution < 1.29 is 19.1 Å². The summed E-state index contributed by atoms with van der Waals surface area (Å²) in [5.74, 6) is -0.531. The molecule has 0 N–H and O–H groups in total. The van der Waals surface area contributed by atoms with Crippen LogP contribution in [0, 0.1) is 11.3 Å². The first-order chi connectivity index (χ1) is 9.32. The quantitative estimate of drug-likeness (QED) is 0.349. The van der Waals surface area contributed by atoms with Crippen LogP contribution in [0.4, 0.5) is 0 Å². The molecule has 0 aliphatic heterocycles. The third-order valence-corrected chi connectivity index (χ3v) is 3.18. The van der Waals surface area contributed by atoms with Gasteiger partial charge in [0.05, 0.1) is 13.2 Å². The number of carbonyl (C=O) groups is 2. The molecule has 0 atom stereocenters. The van der Waals surface area contributed by atoms with Gasteiger partial charge in [-0.1, -0.05) is 40.0 Å². The molecule has 0 aliphatic carbocycles. The summed E-state index contributed by atoms with van der Waals surface area (Å²) in [4.78, 5) is 23.8. The van der Waals surface area contributed by atoms with E-state index in [-0.39, 0.29) is 0 Å². The lowest BCUT2D eigenvalue weighted by Crippen LogP contribution is -2.37. The van der Waals surface area contributed by atoms with Gasteiger partial charge in [0.1, 0.15) is 0 Å². The Kier molecular flexibility index (Phi) is 9.26. The maximum absolute atomic E-state index is 11.9. The molecule has 0 saturated heterocycles. The van der Waals surface area contributed by atoms with E-state index in [1.54, 1.807) is 13.8 Å². The van der Waals surface area contributed by atoms with Crippen molar-refractivity contribution in [3.05, 3.63) is 0 Å². The fourth-order valence-electron chi connectivity index (χ4n) is 1.53. The first-order valence-electron chi connectivity index (χ1n) is 7.66. The first kappa shape index (κ1) is 18.9. The molecule has 0 aromatic rings. The fraction of sp³-hybridized carbons (Fsp3) is 0.875. The van der Waals surface area contributed by atoms with Crippen LogP contribution in [-0.2, 0) is 19.1 Å². The van der Waals surface area contributed by atoms with E-state index in [2.05, 4.69) is 20.8 Å². The number of carbonyl (C=O) groups excluding carboxylic acids is 2. The van der Waals surface area contributed by atoms with Gasteiger partial charge in [-0.25, -0.2) is 0 Å². The summed E-state index contributed by atoms with van der Waals surface area (Å²) in [5, 5.41) is 0. The maximum atomic E-state index is 11.9. The molecule has 0 radical (unpaired) electrons. The summed E-state index contributed by atoms with van der Waals surface area (Å²) in [6.45, 7) is 10.1. The predicted molar refractivity (Wildman–Crippen MR) is 79.3 cm³/mol. The molecule has 0 fully saturated rings. The molecule has 0 aliphatic rings. The highest BCUT2D eigenvalue weighted by Crippen LogP contribution is 2.20. The van der Waals surface area contributed by atoms with Crippen molar-refractivity contribution in [2.45, 2.75) is 66.7 Å². The third kappa shape index (κ3) is 7.51. The molecule has 4 nitrogen and oxygen atoms in total. The lowest BCUT2D eigenvalue weighted by molar-refractivity contribution is -0.170. The summed E-state index contributed by atoms with van der Waals surface area (Å²) in [7, 11) is 0. The number of unbranched alkanes of at least 4 members (excludes halogenated alkanes) is 3. The summed E-state index contributed by atoms with van der Waals surface area (Å²) < 4.78 is 10.3. The smallest absolute Gasteiger partial charge is 0.322 e. The van der Waals surface area contributed by atoms with Crippen molar-refractivity contribution in [2.75, 3.05) is 13.2 Å². The highest BCUT2D eigenvalue weighted by atomic mass is 16.6. The Morgan fingerprint density at radius 3 is 2.00 bits per heavy atom. The molecule has 0 bridgehead atoms. The second-order valence-corrected chi connectivity index (χ2v) is 6.14. The van der Waals surface area contributed by atoms with Crippen molar-refractivity contribution in [2.24, 2.45) is 11.3 Å². The van der Waals surface area contributed by atoms with E-state index in [9.17, 15) is 9.59 Å². The monoisotopic (exact) mass is 286 g/mol. The summed E-state index contributed by atoms with van der Waals surface area (Å²) >= 11 is 0. The normalized spacial score (nSPS) is 11.5. The molecule has 0 heterocycles. The van der Waals surface area contributed by atoms with Gasteiger partial charge < -0.3 is 9.47 Å². The molecule has 0 spiro atoms. The van der Waals surface area contributed by atoms with Crippen LogP contribution in [0.3, 0.4) is 0 Å². The Balaban J connectivity index is 4.05.